The maximum Gasteiger partial charge on any atom is 0.507 e. The average molecular weight is 300 g/mol. The highest BCUT2D eigenvalue weighted by molar-refractivity contribution is 8.72. The van der Waals surface area contributed by atoms with Crippen molar-refractivity contribution >= 4 is 19.7 Å². The van der Waals surface area contributed by atoms with E-state index in [1.165, 1.54) is 0 Å². The summed E-state index contributed by atoms with van der Waals surface area (Å²) in [4.78, 5) is 0. The third-order valence-corrected chi connectivity index (χ3v) is 8.67. The molecule has 1 unspecified atom stereocenters. The summed E-state index contributed by atoms with van der Waals surface area (Å²) in [6.45, 7) is 7.52. The standard InChI is InChI=1S/C11H15F3O2S2/c1-7-6-8-4-5-10(7,9(8,2)3)17-18(15,16)11(12,13)14/h8H,1,4-6H2,2-3H3/t8?,10-/m1/s1. The monoisotopic (exact) mass is 300 g/mol. The molecule has 2 rings (SSSR count). The Bertz CT molecular complexity index is 493. The smallest absolute Gasteiger partial charge is 0.208 e. The van der Waals surface area contributed by atoms with E-state index in [1.807, 2.05) is 13.8 Å². The third kappa shape index (κ3) is 1.66. The van der Waals surface area contributed by atoms with E-state index in [-0.39, 0.29) is 16.7 Å². The second-order valence-corrected chi connectivity index (χ2v) is 9.63. The van der Waals surface area contributed by atoms with E-state index in [1.54, 1.807) is 0 Å². The van der Waals surface area contributed by atoms with Gasteiger partial charge in [-0.2, -0.15) is 13.2 Å². The molecule has 7 heteroatoms. The van der Waals surface area contributed by atoms with Gasteiger partial charge in [-0.15, -0.1) is 0 Å². The Kier molecular flexibility index (Phi) is 2.92. The Balaban J connectivity index is 2.42. The van der Waals surface area contributed by atoms with Crippen LogP contribution in [0.25, 0.3) is 0 Å². The molecule has 0 heterocycles. The van der Waals surface area contributed by atoms with Crippen molar-refractivity contribution in [1.29, 1.82) is 0 Å². The first kappa shape index (κ1) is 14.2. The zero-order valence-electron chi connectivity index (χ0n) is 10.2. The van der Waals surface area contributed by atoms with Crippen molar-refractivity contribution in [2.45, 2.75) is 43.4 Å². The van der Waals surface area contributed by atoms with Gasteiger partial charge in [0.05, 0.1) is 4.75 Å². The van der Waals surface area contributed by atoms with Crippen LogP contribution in [0.4, 0.5) is 13.2 Å². The van der Waals surface area contributed by atoms with Crippen molar-refractivity contribution in [3.8, 4) is 0 Å². The van der Waals surface area contributed by atoms with Crippen LogP contribution in [0.15, 0.2) is 12.2 Å². The fraction of sp³-hybridized carbons (Fsp3) is 0.818. The second kappa shape index (κ2) is 3.69. The number of rotatable bonds is 2. The van der Waals surface area contributed by atoms with Crippen molar-refractivity contribution < 1.29 is 21.6 Å². The zero-order valence-corrected chi connectivity index (χ0v) is 11.8. The molecular formula is C11H15F3O2S2. The number of fused-ring (bicyclic) bond motifs is 2. The Morgan fingerprint density at radius 1 is 1.39 bits per heavy atom. The summed E-state index contributed by atoms with van der Waals surface area (Å²) in [5.74, 6) is 0.237. The minimum atomic E-state index is -5.20. The van der Waals surface area contributed by atoms with E-state index in [0.717, 1.165) is 6.42 Å². The molecule has 0 radical (unpaired) electrons. The molecule has 2 saturated carbocycles. The fourth-order valence-electron chi connectivity index (χ4n) is 3.28. The summed E-state index contributed by atoms with van der Waals surface area (Å²) in [5.41, 5.74) is -5.02. The first-order valence-electron chi connectivity index (χ1n) is 5.64. The highest BCUT2D eigenvalue weighted by Gasteiger charge is 2.65. The lowest BCUT2D eigenvalue weighted by Crippen LogP contribution is -2.38. The van der Waals surface area contributed by atoms with Gasteiger partial charge in [0.25, 0.3) is 0 Å². The second-order valence-electron chi connectivity index (χ2n) is 5.58. The van der Waals surface area contributed by atoms with Crippen molar-refractivity contribution in [2.24, 2.45) is 11.3 Å². The van der Waals surface area contributed by atoms with E-state index < -0.39 is 24.5 Å². The van der Waals surface area contributed by atoms with Crippen LogP contribution in [0, 0.1) is 11.3 Å². The van der Waals surface area contributed by atoms with Crippen molar-refractivity contribution in [1.82, 2.24) is 0 Å². The number of halogens is 3. The highest BCUT2D eigenvalue weighted by Crippen LogP contribution is 2.69. The van der Waals surface area contributed by atoms with Crippen molar-refractivity contribution in [2.75, 3.05) is 0 Å². The van der Waals surface area contributed by atoms with E-state index in [2.05, 4.69) is 6.58 Å². The SMILES string of the molecule is C=C1CC2CC[C@]1(SS(=O)(=O)C(F)(F)F)C2(C)C. The van der Waals surface area contributed by atoms with Gasteiger partial charge in [-0.1, -0.05) is 26.0 Å². The Morgan fingerprint density at radius 2 is 1.94 bits per heavy atom. The maximum atomic E-state index is 12.5. The quantitative estimate of drug-likeness (QED) is 0.576. The van der Waals surface area contributed by atoms with Crippen LogP contribution in [0.3, 0.4) is 0 Å². The summed E-state index contributed by atoms with van der Waals surface area (Å²) in [7, 11) is -5.10. The van der Waals surface area contributed by atoms with Crippen LogP contribution in [-0.2, 0) is 8.87 Å². The molecule has 0 spiro atoms. The largest absolute Gasteiger partial charge is 0.507 e. The molecule has 0 aromatic heterocycles. The third-order valence-electron chi connectivity index (χ3n) is 4.51. The summed E-state index contributed by atoms with van der Waals surface area (Å²) in [6.07, 6.45) is 1.86. The predicted molar refractivity (Wildman–Crippen MR) is 65.6 cm³/mol. The van der Waals surface area contributed by atoms with Crippen LogP contribution in [0.5, 0.6) is 0 Å². The van der Waals surface area contributed by atoms with Crippen molar-refractivity contribution in [3.05, 3.63) is 12.2 Å². The molecule has 0 saturated heterocycles. The summed E-state index contributed by atoms with van der Waals surface area (Å²) >= 11 is 0. The molecular weight excluding hydrogens is 285 g/mol. The van der Waals surface area contributed by atoms with Crippen LogP contribution in [0.2, 0.25) is 0 Å². The Hall–Kier alpha value is -0.170. The van der Waals surface area contributed by atoms with Gasteiger partial charge in [0.2, 0.25) is 0 Å². The number of alkyl halides is 3. The van der Waals surface area contributed by atoms with Crippen LogP contribution in [-0.4, -0.2) is 18.7 Å². The van der Waals surface area contributed by atoms with E-state index in [0.29, 0.717) is 18.4 Å². The predicted octanol–water partition coefficient (Wildman–Crippen LogP) is 3.70. The molecule has 2 aliphatic rings. The van der Waals surface area contributed by atoms with Gasteiger partial charge in [-0.05, 0) is 41.4 Å². The van der Waals surface area contributed by atoms with E-state index in [4.69, 9.17) is 0 Å². The minimum absolute atomic E-state index is 0.0683. The average Bonchev–Trinajstić information content (AvgIpc) is 2.48. The number of hydrogen-bond acceptors (Lipinski definition) is 3. The van der Waals surface area contributed by atoms with Crippen molar-refractivity contribution in [3.63, 3.8) is 0 Å². The molecule has 2 bridgehead atoms. The van der Waals surface area contributed by atoms with Gasteiger partial charge in [-0.3, -0.25) is 0 Å². The highest BCUT2D eigenvalue weighted by atomic mass is 33.1. The lowest BCUT2D eigenvalue weighted by molar-refractivity contribution is -0.0410. The van der Waals surface area contributed by atoms with Crippen LogP contribution in [0.1, 0.15) is 33.1 Å². The first-order chi connectivity index (χ1) is 7.94. The van der Waals surface area contributed by atoms with E-state index >= 15 is 0 Å². The Morgan fingerprint density at radius 3 is 2.28 bits per heavy atom. The fourth-order valence-corrected chi connectivity index (χ4v) is 7.19. The number of hydrogen-bond donors (Lipinski definition) is 0. The zero-order chi connectivity index (χ0) is 14.0. The molecule has 0 aromatic rings. The lowest BCUT2D eigenvalue weighted by Gasteiger charge is -2.37. The van der Waals surface area contributed by atoms with E-state index in [9.17, 15) is 21.6 Å². The van der Waals surface area contributed by atoms with Gasteiger partial charge in [0.1, 0.15) is 0 Å². The lowest BCUT2D eigenvalue weighted by atomic mass is 9.81. The van der Waals surface area contributed by atoms with Crippen LogP contribution < -0.4 is 0 Å². The molecule has 2 fully saturated rings. The van der Waals surface area contributed by atoms with Gasteiger partial charge < -0.3 is 0 Å². The van der Waals surface area contributed by atoms with Gasteiger partial charge in [0.15, 0.2) is 0 Å². The molecule has 2 nitrogen and oxygen atoms in total. The molecule has 0 aliphatic heterocycles. The molecule has 0 N–H and O–H groups in total. The van der Waals surface area contributed by atoms with Crippen LogP contribution >= 0.6 is 10.8 Å². The molecule has 0 amide bonds. The topological polar surface area (TPSA) is 34.1 Å². The molecule has 0 aromatic carbocycles. The van der Waals surface area contributed by atoms with Gasteiger partial charge >= 0.3 is 14.4 Å². The van der Waals surface area contributed by atoms with Gasteiger partial charge in [-0.25, -0.2) is 8.42 Å². The normalized spacial score (nSPS) is 35.2. The Labute approximate surface area is 108 Å². The summed E-state index contributed by atoms with van der Waals surface area (Å²) < 4.78 is 59.5. The molecule has 2 aliphatic carbocycles. The summed E-state index contributed by atoms with van der Waals surface area (Å²) in [6, 6.07) is 0. The molecule has 18 heavy (non-hydrogen) atoms. The minimum Gasteiger partial charge on any atom is -0.208 e. The van der Waals surface area contributed by atoms with Gasteiger partial charge in [0, 0.05) is 0 Å². The molecule has 104 valence electrons. The molecule has 2 atom stereocenters. The maximum absolute atomic E-state index is 12.5. The summed E-state index contributed by atoms with van der Waals surface area (Å²) in [5, 5.41) is 0. The first-order valence-corrected chi connectivity index (χ1v) is 8.46.